The van der Waals surface area contributed by atoms with Crippen LogP contribution in [-0.2, 0) is 22.6 Å². The summed E-state index contributed by atoms with van der Waals surface area (Å²) in [7, 11) is 0. The molecule has 3 rings (SSSR count). The van der Waals surface area contributed by atoms with Crippen molar-refractivity contribution in [2.45, 2.75) is 39.1 Å². The van der Waals surface area contributed by atoms with Crippen molar-refractivity contribution < 1.29 is 14.3 Å². The van der Waals surface area contributed by atoms with Crippen LogP contribution in [0.25, 0.3) is 0 Å². The Balaban J connectivity index is 1.50. The average molecular weight is 347 g/mol. The van der Waals surface area contributed by atoms with Crippen LogP contribution in [0.15, 0.2) is 24.3 Å². The Morgan fingerprint density at radius 2 is 1.84 bits per heavy atom. The van der Waals surface area contributed by atoms with Gasteiger partial charge in [-0.2, -0.15) is 0 Å². The number of hydrogen-bond donors (Lipinski definition) is 1. The van der Waals surface area contributed by atoms with Crippen LogP contribution in [0.2, 0.25) is 0 Å². The van der Waals surface area contributed by atoms with Crippen LogP contribution in [-0.4, -0.2) is 67.4 Å². The number of urea groups is 1. The molecular formula is C19H29N3O3. The number of carbonyl (C=O) groups excluding carboxylic acids is 1. The number of amides is 2. The highest BCUT2D eigenvalue weighted by molar-refractivity contribution is 5.74. The van der Waals surface area contributed by atoms with E-state index >= 15 is 0 Å². The van der Waals surface area contributed by atoms with E-state index in [4.69, 9.17) is 9.47 Å². The number of hydrogen-bond acceptors (Lipinski definition) is 4. The Morgan fingerprint density at radius 1 is 1.12 bits per heavy atom. The Kier molecular flexibility index (Phi) is 6.29. The van der Waals surface area contributed by atoms with Gasteiger partial charge in [-0.05, 0) is 25.0 Å². The predicted molar refractivity (Wildman–Crippen MR) is 96.4 cm³/mol. The van der Waals surface area contributed by atoms with Crippen LogP contribution in [0.5, 0.6) is 0 Å². The first-order chi connectivity index (χ1) is 12.1. The standard InChI is InChI=1S/C19H29N3O3/c1-15-12-21(6-8-24-15)14-18-5-3-4-17(10-18)11-20-19(23)22-7-9-25-16(2)13-22/h3-5,10,15-16H,6-9,11-14H2,1-2H3,(H,20,23). The van der Waals surface area contributed by atoms with Crippen LogP contribution < -0.4 is 5.32 Å². The molecule has 0 bridgehead atoms. The van der Waals surface area contributed by atoms with Gasteiger partial charge in [-0.15, -0.1) is 0 Å². The third-order valence-corrected chi connectivity index (χ3v) is 4.69. The van der Waals surface area contributed by atoms with Gasteiger partial charge in [-0.25, -0.2) is 4.79 Å². The first-order valence-corrected chi connectivity index (χ1v) is 9.16. The van der Waals surface area contributed by atoms with E-state index in [1.165, 1.54) is 5.56 Å². The first kappa shape index (κ1) is 18.2. The van der Waals surface area contributed by atoms with E-state index in [2.05, 4.69) is 41.4 Å². The molecule has 2 unspecified atom stereocenters. The lowest BCUT2D eigenvalue weighted by molar-refractivity contribution is -0.0212. The summed E-state index contributed by atoms with van der Waals surface area (Å²) >= 11 is 0. The molecule has 2 aliphatic heterocycles. The van der Waals surface area contributed by atoms with Crippen molar-refractivity contribution in [3.8, 4) is 0 Å². The summed E-state index contributed by atoms with van der Waals surface area (Å²) in [6, 6.07) is 8.45. The van der Waals surface area contributed by atoms with E-state index in [0.29, 0.717) is 32.3 Å². The second-order valence-electron chi connectivity index (χ2n) is 7.02. The maximum absolute atomic E-state index is 12.3. The largest absolute Gasteiger partial charge is 0.376 e. The van der Waals surface area contributed by atoms with E-state index in [9.17, 15) is 4.79 Å². The van der Waals surface area contributed by atoms with Crippen molar-refractivity contribution in [1.29, 1.82) is 0 Å². The van der Waals surface area contributed by atoms with Gasteiger partial charge in [0, 0.05) is 39.3 Å². The molecular weight excluding hydrogens is 318 g/mol. The predicted octanol–water partition coefficient (Wildman–Crippen LogP) is 1.84. The fourth-order valence-corrected chi connectivity index (χ4v) is 3.42. The smallest absolute Gasteiger partial charge is 0.317 e. The van der Waals surface area contributed by atoms with Crippen molar-refractivity contribution in [2.75, 3.05) is 39.4 Å². The average Bonchev–Trinajstić information content (AvgIpc) is 2.60. The maximum Gasteiger partial charge on any atom is 0.317 e. The topological polar surface area (TPSA) is 54.0 Å². The SMILES string of the molecule is CC1CN(Cc2cccc(CNC(=O)N3CCOC(C)C3)c2)CCO1. The molecule has 2 amide bonds. The fraction of sp³-hybridized carbons (Fsp3) is 0.632. The Labute approximate surface area is 150 Å². The number of morpholine rings is 2. The quantitative estimate of drug-likeness (QED) is 0.903. The zero-order chi connectivity index (χ0) is 17.6. The molecule has 0 aromatic heterocycles. The van der Waals surface area contributed by atoms with Crippen LogP contribution in [0.4, 0.5) is 4.79 Å². The summed E-state index contributed by atoms with van der Waals surface area (Å²) < 4.78 is 11.1. The number of nitrogens with zero attached hydrogens (tertiary/aromatic N) is 2. The minimum Gasteiger partial charge on any atom is -0.376 e. The van der Waals surface area contributed by atoms with Gasteiger partial charge in [0.25, 0.3) is 0 Å². The number of ether oxygens (including phenoxy) is 2. The molecule has 6 nitrogen and oxygen atoms in total. The molecule has 2 atom stereocenters. The third-order valence-electron chi connectivity index (χ3n) is 4.69. The van der Waals surface area contributed by atoms with Crippen molar-refractivity contribution in [1.82, 2.24) is 15.1 Å². The van der Waals surface area contributed by atoms with Gasteiger partial charge in [0.05, 0.1) is 25.4 Å². The molecule has 0 aliphatic carbocycles. The van der Waals surface area contributed by atoms with Crippen molar-refractivity contribution in [2.24, 2.45) is 0 Å². The lowest BCUT2D eigenvalue weighted by Crippen LogP contribution is -2.48. The maximum atomic E-state index is 12.3. The normalized spacial score (nSPS) is 25.0. The van der Waals surface area contributed by atoms with Gasteiger partial charge in [0.2, 0.25) is 0 Å². The number of benzene rings is 1. The molecule has 25 heavy (non-hydrogen) atoms. The number of carbonyl (C=O) groups is 1. The summed E-state index contributed by atoms with van der Waals surface area (Å²) in [4.78, 5) is 16.5. The third kappa shape index (κ3) is 5.42. The lowest BCUT2D eigenvalue weighted by atomic mass is 10.1. The monoisotopic (exact) mass is 347 g/mol. The van der Waals surface area contributed by atoms with Crippen molar-refractivity contribution >= 4 is 6.03 Å². The van der Waals surface area contributed by atoms with Gasteiger partial charge in [-0.1, -0.05) is 24.3 Å². The van der Waals surface area contributed by atoms with Crippen molar-refractivity contribution in [3.63, 3.8) is 0 Å². The molecule has 138 valence electrons. The number of rotatable bonds is 4. The highest BCUT2D eigenvalue weighted by atomic mass is 16.5. The summed E-state index contributed by atoms with van der Waals surface area (Å²) in [6.45, 7) is 10.3. The minimum atomic E-state index is -0.0115. The molecule has 2 heterocycles. The van der Waals surface area contributed by atoms with Crippen LogP contribution in [0.1, 0.15) is 25.0 Å². The van der Waals surface area contributed by atoms with Gasteiger partial charge in [0.1, 0.15) is 0 Å². The van der Waals surface area contributed by atoms with E-state index in [0.717, 1.165) is 31.8 Å². The molecule has 0 spiro atoms. The van der Waals surface area contributed by atoms with E-state index < -0.39 is 0 Å². The molecule has 1 aromatic carbocycles. The van der Waals surface area contributed by atoms with E-state index in [1.807, 2.05) is 11.8 Å². The lowest BCUT2D eigenvalue weighted by Gasteiger charge is -2.31. The highest BCUT2D eigenvalue weighted by Gasteiger charge is 2.21. The summed E-state index contributed by atoms with van der Waals surface area (Å²) in [5, 5.41) is 3.02. The molecule has 1 aromatic rings. The summed E-state index contributed by atoms with van der Waals surface area (Å²) in [5.41, 5.74) is 2.41. The highest BCUT2D eigenvalue weighted by Crippen LogP contribution is 2.12. The first-order valence-electron chi connectivity index (χ1n) is 9.16. The van der Waals surface area contributed by atoms with Gasteiger partial charge < -0.3 is 19.7 Å². The molecule has 0 radical (unpaired) electrons. The number of nitrogens with one attached hydrogen (secondary N) is 1. The van der Waals surface area contributed by atoms with Gasteiger partial charge in [0.15, 0.2) is 0 Å². The zero-order valence-electron chi connectivity index (χ0n) is 15.2. The van der Waals surface area contributed by atoms with Crippen molar-refractivity contribution in [3.05, 3.63) is 35.4 Å². The summed E-state index contributed by atoms with van der Waals surface area (Å²) in [6.07, 6.45) is 0.408. The molecule has 0 saturated carbocycles. The van der Waals surface area contributed by atoms with Gasteiger partial charge >= 0.3 is 6.03 Å². The molecule has 2 aliphatic rings. The second-order valence-corrected chi connectivity index (χ2v) is 7.02. The van der Waals surface area contributed by atoms with Crippen LogP contribution in [0, 0.1) is 0 Å². The Morgan fingerprint density at radius 3 is 2.60 bits per heavy atom. The van der Waals surface area contributed by atoms with Crippen LogP contribution in [0.3, 0.4) is 0 Å². The Hall–Kier alpha value is -1.63. The zero-order valence-corrected chi connectivity index (χ0v) is 15.2. The fourth-order valence-electron chi connectivity index (χ4n) is 3.42. The minimum absolute atomic E-state index is 0.0115. The molecule has 1 N–H and O–H groups in total. The van der Waals surface area contributed by atoms with Crippen LogP contribution >= 0.6 is 0 Å². The van der Waals surface area contributed by atoms with E-state index in [1.54, 1.807) is 0 Å². The Bertz CT molecular complexity index is 581. The molecule has 2 saturated heterocycles. The van der Waals surface area contributed by atoms with E-state index in [-0.39, 0.29) is 12.1 Å². The second kappa shape index (κ2) is 8.65. The molecule has 2 fully saturated rings. The molecule has 6 heteroatoms. The van der Waals surface area contributed by atoms with Gasteiger partial charge in [-0.3, -0.25) is 4.90 Å². The summed E-state index contributed by atoms with van der Waals surface area (Å²) in [5.74, 6) is 0.